The summed E-state index contributed by atoms with van der Waals surface area (Å²) in [6.07, 6.45) is 6.39. The number of aromatic amines is 1. The highest BCUT2D eigenvalue weighted by Gasteiger charge is 2.33. The molecule has 176 valence electrons. The maximum atomic E-state index is 14.5. The van der Waals surface area contributed by atoms with Crippen LogP contribution in [0.25, 0.3) is 22.3 Å². The van der Waals surface area contributed by atoms with Gasteiger partial charge in [-0.15, -0.1) is 0 Å². The van der Waals surface area contributed by atoms with Gasteiger partial charge in [0.25, 0.3) is 5.91 Å². The fraction of sp³-hybridized carbons (Fsp3) is 0.192. The van der Waals surface area contributed by atoms with Crippen LogP contribution < -0.4 is 20.1 Å². The number of nitrogens with one attached hydrogen (secondary N) is 3. The maximum Gasteiger partial charge on any atom is 0.255 e. The van der Waals surface area contributed by atoms with Crippen molar-refractivity contribution in [3.63, 3.8) is 0 Å². The van der Waals surface area contributed by atoms with Crippen LogP contribution in [0, 0.1) is 5.82 Å². The van der Waals surface area contributed by atoms with Crippen molar-refractivity contribution in [1.29, 1.82) is 0 Å². The van der Waals surface area contributed by atoms with Gasteiger partial charge < -0.3 is 25.1 Å². The highest BCUT2D eigenvalue weighted by molar-refractivity contribution is 6.08. The summed E-state index contributed by atoms with van der Waals surface area (Å²) in [5.41, 5.74) is 4.93. The Morgan fingerprint density at radius 3 is 3.00 bits per heavy atom. The fourth-order valence-electron chi connectivity index (χ4n) is 4.70. The molecule has 0 saturated heterocycles. The number of carbonyl (C=O) groups excluding carboxylic acids is 1. The molecule has 0 aliphatic carbocycles. The van der Waals surface area contributed by atoms with Gasteiger partial charge in [-0.2, -0.15) is 0 Å². The molecule has 35 heavy (non-hydrogen) atoms. The average Bonchev–Trinajstić information content (AvgIpc) is 3.24. The Hall–Kier alpha value is -4.40. The lowest BCUT2D eigenvalue weighted by atomic mass is 9.93. The number of allylic oxidation sites excluding steroid dienone is 1. The van der Waals surface area contributed by atoms with E-state index in [9.17, 15) is 9.18 Å². The van der Waals surface area contributed by atoms with Crippen molar-refractivity contribution in [2.75, 3.05) is 25.6 Å². The van der Waals surface area contributed by atoms with Crippen molar-refractivity contribution in [3.05, 3.63) is 71.8 Å². The average molecular weight is 471 g/mol. The molecule has 1 aromatic carbocycles. The zero-order valence-electron chi connectivity index (χ0n) is 18.9. The van der Waals surface area contributed by atoms with E-state index >= 15 is 0 Å². The quantitative estimate of drug-likeness (QED) is 0.375. The molecule has 9 heteroatoms. The standard InChI is InChI=1S/C26H22FN5O3/c1-34-25-16(27)6-4-7-18(25)30-24-20-21-14(13-29-26(20)33)5-2-3-12-35-19-9-8-17-22(31-19)15(10-11-28-17)23(24)32-21/h2-4,6-11,14,30,32H,5,12-13H2,1H3,(H,29,33)/b3-2-/t14-/m1/s1. The van der Waals surface area contributed by atoms with Crippen LogP contribution in [0.2, 0.25) is 0 Å². The second-order valence-corrected chi connectivity index (χ2v) is 8.41. The molecule has 0 saturated carbocycles. The Kier molecular flexibility index (Phi) is 5.09. The molecule has 0 unspecified atom stereocenters. The number of aromatic nitrogens is 3. The number of amides is 1. The van der Waals surface area contributed by atoms with E-state index in [1.165, 1.54) is 13.2 Å². The van der Waals surface area contributed by atoms with Gasteiger partial charge in [-0.3, -0.25) is 9.78 Å². The van der Waals surface area contributed by atoms with E-state index in [-0.39, 0.29) is 17.6 Å². The number of rotatable bonds is 3. The SMILES string of the molecule is COc1c(F)cccc1Nc1c2[nH]c3c1C(=O)NC[C@H]3C/C=C\COc1ccc3nccc-2c3n1. The molecule has 4 bridgehead atoms. The number of halogens is 1. The summed E-state index contributed by atoms with van der Waals surface area (Å²) in [5.74, 6) is -0.145. The topological polar surface area (TPSA) is 101 Å². The first-order valence-corrected chi connectivity index (χ1v) is 11.3. The van der Waals surface area contributed by atoms with E-state index in [4.69, 9.17) is 14.5 Å². The minimum absolute atomic E-state index is 0.0248. The number of pyridine rings is 2. The molecule has 2 aliphatic heterocycles. The normalized spacial score (nSPS) is 17.5. The van der Waals surface area contributed by atoms with Crippen molar-refractivity contribution < 1.29 is 18.7 Å². The zero-order chi connectivity index (χ0) is 23.9. The van der Waals surface area contributed by atoms with E-state index < -0.39 is 5.82 Å². The number of methoxy groups -OCH3 is 1. The van der Waals surface area contributed by atoms with Crippen LogP contribution in [0.1, 0.15) is 28.4 Å². The van der Waals surface area contributed by atoms with Gasteiger partial charge in [-0.25, -0.2) is 9.37 Å². The van der Waals surface area contributed by atoms with E-state index in [0.717, 1.165) is 11.3 Å². The number of fused-ring (bicyclic) bond motifs is 3. The molecule has 4 aromatic rings. The largest absolute Gasteiger partial charge is 0.492 e. The van der Waals surface area contributed by atoms with Gasteiger partial charge in [0.2, 0.25) is 5.88 Å². The summed E-state index contributed by atoms with van der Waals surface area (Å²) in [7, 11) is 1.41. The van der Waals surface area contributed by atoms with Gasteiger partial charge in [0, 0.05) is 36.0 Å². The first kappa shape index (κ1) is 21.2. The molecule has 6 rings (SSSR count). The van der Waals surface area contributed by atoms with Crippen molar-refractivity contribution in [1.82, 2.24) is 20.3 Å². The second-order valence-electron chi connectivity index (χ2n) is 8.41. The summed E-state index contributed by atoms with van der Waals surface area (Å²) in [5, 5.41) is 6.28. The van der Waals surface area contributed by atoms with Crippen LogP contribution in [0.4, 0.5) is 15.8 Å². The van der Waals surface area contributed by atoms with Gasteiger partial charge >= 0.3 is 0 Å². The lowest BCUT2D eigenvalue weighted by Crippen LogP contribution is -2.34. The van der Waals surface area contributed by atoms with Crippen LogP contribution in [-0.2, 0) is 0 Å². The molecule has 0 radical (unpaired) electrons. The fourth-order valence-corrected chi connectivity index (χ4v) is 4.70. The zero-order valence-corrected chi connectivity index (χ0v) is 18.9. The van der Waals surface area contributed by atoms with E-state index in [2.05, 4.69) is 20.6 Å². The third-order valence-corrected chi connectivity index (χ3v) is 6.35. The number of nitrogens with zero attached hydrogens (tertiary/aromatic N) is 2. The third kappa shape index (κ3) is 3.56. The van der Waals surface area contributed by atoms with Gasteiger partial charge in [0.15, 0.2) is 11.6 Å². The summed E-state index contributed by atoms with van der Waals surface area (Å²) in [6, 6.07) is 10.1. The number of H-pyrrole nitrogens is 1. The number of para-hydroxylation sites is 1. The number of benzene rings is 1. The summed E-state index contributed by atoms with van der Waals surface area (Å²) in [6.45, 7) is 0.888. The van der Waals surface area contributed by atoms with Crippen LogP contribution in [-0.4, -0.2) is 41.1 Å². The number of carbonyl (C=O) groups is 1. The minimum Gasteiger partial charge on any atom is -0.492 e. The molecule has 5 heterocycles. The van der Waals surface area contributed by atoms with Crippen molar-refractivity contribution in [2.24, 2.45) is 0 Å². The third-order valence-electron chi connectivity index (χ3n) is 6.35. The molecule has 0 fully saturated rings. The van der Waals surface area contributed by atoms with Crippen LogP contribution in [0.15, 0.2) is 54.7 Å². The highest BCUT2D eigenvalue weighted by atomic mass is 19.1. The Balaban J connectivity index is 1.64. The molecule has 0 spiro atoms. The van der Waals surface area contributed by atoms with Gasteiger partial charge in [0.05, 0.1) is 35.3 Å². The Morgan fingerprint density at radius 2 is 2.11 bits per heavy atom. The Bertz CT molecular complexity index is 1500. The maximum absolute atomic E-state index is 14.5. The highest BCUT2D eigenvalue weighted by Crippen LogP contribution is 2.43. The van der Waals surface area contributed by atoms with Crippen LogP contribution >= 0.6 is 0 Å². The van der Waals surface area contributed by atoms with Crippen molar-refractivity contribution in [3.8, 4) is 22.9 Å². The summed E-state index contributed by atoms with van der Waals surface area (Å²) in [4.78, 5) is 25.8. The monoisotopic (exact) mass is 471 g/mol. The lowest BCUT2D eigenvalue weighted by molar-refractivity contribution is 0.0941. The molecular weight excluding hydrogens is 449 g/mol. The first-order chi connectivity index (χ1) is 17.1. The predicted molar refractivity (Wildman–Crippen MR) is 130 cm³/mol. The molecule has 1 amide bonds. The van der Waals surface area contributed by atoms with Gasteiger partial charge in [-0.05, 0) is 30.7 Å². The number of anilines is 2. The summed E-state index contributed by atoms with van der Waals surface area (Å²) >= 11 is 0. The number of hydrogen-bond acceptors (Lipinski definition) is 6. The Morgan fingerprint density at radius 1 is 1.20 bits per heavy atom. The molecule has 3 N–H and O–H groups in total. The molecular formula is C26H22FN5O3. The van der Waals surface area contributed by atoms with Gasteiger partial charge in [0.1, 0.15) is 12.1 Å². The second kappa shape index (κ2) is 8.43. The van der Waals surface area contributed by atoms with Crippen LogP contribution in [0.3, 0.4) is 0 Å². The van der Waals surface area contributed by atoms with E-state index in [1.807, 2.05) is 24.3 Å². The molecule has 3 aromatic heterocycles. The Labute approximate surface area is 200 Å². The number of hydrogen-bond donors (Lipinski definition) is 3. The lowest BCUT2D eigenvalue weighted by Gasteiger charge is -2.23. The molecule has 1 atom stereocenters. The molecule has 2 aliphatic rings. The smallest absolute Gasteiger partial charge is 0.255 e. The van der Waals surface area contributed by atoms with Crippen LogP contribution in [0.5, 0.6) is 11.6 Å². The van der Waals surface area contributed by atoms with Crippen molar-refractivity contribution in [2.45, 2.75) is 12.3 Å². The minimum atomic E-state index is -0.504. The summed E-state index contributed by atoms with van der Waals surface area (Å²) < 4.78 is 25.6. The number of ether oxygens (including phenoxy) is 2. The molecule has 8 nitrogen and oxygen atoms in total. The van der Waals surface area contributed by atoms with Crippen molar-refractivity contribution >= 4 is 28.3 Å². The van der Waals surface area contributed by atoms with E-state index in [1.54, 1.807) is 24.4 Å². The predicted octanol–water partition coefficient (Wildman–Crippen LogP) is 4.68. The van der Waals surface area contributed by atoms with Gasteiger partial charge in [-0.1, -0.05) is 18.2 Å². The first-order valence-electron chi connectivity index (χ1n) is 11.3. The van der Waals surface area contributed by atoms with E-state index in [0.29, 0.717) is 59.1 Å².